The zero-order valence-corrected chi connectivity index (χ0v) is 47.6. The van der Waals surface area contributed by atoms with E-state index in [0.717, 1.165) is 92.1 Å². The summed E-state index contributed by atoms with van der Waals surface area (Å²) in [6.07, 6.45) is 12.1. The number of anilines is 4. The maximum atomic E-state index is 13.3. The number of benzene rings is 2. The molecule has 0 saturated heterocycles. The predicted molar refractivity (Wildman–Crippen MR) is 316 cm³/mol. The number of thiazole rings is 1. The minimum atomic E-state index is -0.751. The number of fused-ring (bicyclic) bond motifs is 4. The molecule has 2 aliphatic heterocycles. The number of carbonyl (C=O) groups is 2. The summed E-state index contributed by atoms with van der Waals surface area (Å²) in [6, 6.07) is 21.3. The molecule has 4 aliphatic rings. The van der Waals surface area contributed by atoms with Crippen molar-refractivity contribution in [1.29, 1.82) is 0 Å². The number of β-amino-alcohol motifs (C(OH)–C–C–N with tert-alkyl or cyclic N) is 1. The van der Waals surface area contributed by atoms with Gasteiger partial charge in [0.15, 0.2) is 28.8 Å². The maximum absolute atomic E-state index is 13.3. The number of amides is 4. The van der Waals surface area contributed by atoms with Crippen molar-refractivity contribution in [2.45, 2.75) is 88.8 Å². The van der Waals surface area contributed by atoms with E-state index in [4.69, 9.17) is 38.2 Å². The zero-order chi connectivity index (χ0) is 56.5. The zero-order valence-electron chi connectivity index (χ0n) is 46.0. The van der Waals surface area contributed by atoms with Crippen LogP contribution in [-0.4, -0.2) is 116 Å². The smallest absolute Gasteiger partial charge is 0.324 e. The van der Waals surface area contributed by atoms with Crippen LogP contribution in [0.1, 0.15) is 83.8 Å². The third-order valence-corrected chi connectivity index (χ3v) is 17.0. The number of nitrogens with zero attached hydrogens (tertiary/aromatic N) is 8. The molecular formula is C58H65N13O8S2. The Morgan fingerprint density at radius 2 is 1.57 bits per heavy atom. The van der Waals surface area contributed by atoms with Crippen molar-refractivity contribution in [3.8, 4) is 17.1 Å². The van der Waals surface area contributed by atoms with Gasteiger partial charge in [0.25, 0.3) is 0 Å². The highest BCUT2D eigenvalue weighted by atomic mass is 32.2. The van der Waals surface area contributed by atoms with E-state index < -0.39 is 23.1 Å². The van der Waals surface area contributed by atoms with E-state index in [0.29, 0.717) is 61.0 Å². The Balaban J connectivity index is 0.662. The van der Waals surface area contributed by atoms with Crippen LogP contribution >= 0.6 is 23.1 Å². The molecular weight excluding hydrogens is 1070 g/mol. The van der Waals surface area contributed by atoms with Crippen LogP contribution in [-0.2, 0) is 20.4 Å². The summed E-state index contributed by atoms with van der Waals surface area (Å²) >= 11 is 2.99. The molecule has 4 amide bonds. The molecule has 1 atom stereocenters. The summed E-state index contributed by atoms with van der Waals surface area (Å²) in [5.74, 6) is 2.36. The Labute approximate surface area is 476 Å². The largest absolute Gasteiger partial charge is 0.481 e. The molecule has 6 N–H and O–H groups in total. The number of hydrogen-bond acceptors (Lipinski definition) is 18. The number of aliphatic imine (C=N–C) groups is 2. The first kappa shape index (κ1) is 55.2. The maximum Gasteiger partial charge on any atom is 0.324 e. The number of carbonyl (C=O) groups excluding carboxylic acids is 2. The van der Waals surface area contributed by atoms with E-state index >= 15 is 0 Å². The van der Waals surface area contributed by atoms with Gasteiger partial charge in [0.05, 0.1) is 51.8 Å². The monoisotopic (exact) mass is 1140 g/mol. The van der Waals surface area contributed by atoms with Gasteiger partial charge in [0.1, 0.15) is 28.8 Å². The standard InChI is InChI=1S/C58H65N13O8S2/c1-8-35-27-38-28-41(63-50(38)80-49(35)59-34-76-32-57(19-20-57)60-23-26-75-7)36-9-13-39(14-10-36)61-53(74)66-47-30-45(79-69-47)56(5,6)71(24-25-72)58(21-22-58)33-77-48-18-17-43-51(67-48)81-54-64-42(31-70(43)54)37-11-15-40(16-12-37)62-52(73)65-46-29-44(78-68-46)55(2,3)4/h8-18,28-31,34,38,60,72H,1,19-27,32-33H2,2-7H3,(H2,61,66,69,74)(H2,62,65,68,73)/t38-/m0/s1. The molecule has 2 fully saturated rings. The number of aromatic nitrogens is 5. The number of methoxy groups -OCH3 is 1. The first-order chi connectivity index (χ1) is 39.0. The number of urea groups is 2. The molecule has 2 aromatic carbocycles. The van der Waals surface area contributed by atoms with E-state index in [9.17, 15) is 14.7 Å². The number of thioether (sulfide) groups is 1. The molecule has 23 heteroatoms. The number of ether oxygens (including phenoxy) is 3. The fourth-order valence-corrected chi connectivity index (χ4v) is 12.0. The first-order valence-electron chi connectivity index (χ1n) is 26.9. The average Bonchev–Trinajstić information content (AvgIpc) is 3.71. The second kappa shape index (κ2) is 22.7. The number of pyridine rings is 1. The number of imidazole rings is 1. The van der Waals surface area contributed by atoms with E-state index in [1.54, 1.807) is 19.2 Å². The van der Waals surface area contributed by atoms with Crippen molar-refractivity contribution in [3.05, 3.63) is 125 Å². The molecule has 11 rings (SSSR count). The van der Waals surface area contributed by atoms with Crippen LogP contribution < -0.4 is 31.3 Å². The SMILES string of the molecule is C=CC1=C(N=COCC2(NCCOC)CC2)SC2=NC(c3ccc(NC(=O)Nc4cc(C(C)(C)N(CCO)C5(COc6ccc7c(n6)sc6nc(-c8ccc(NC(=O)Nc9cc(C(C)(C)C)on9)cc8)cn67)CC5)on4)cc3)=C[C@@H]2C1. The van der Waals surface area contributed by atoms with Gasteiger partial charge >= 0.3 is 12.1 Å². The van der Waals surface area contributed by atoms with Gasteiger partial charge < -0.3 is 44.3 Å². The number of hydrogen-bond donors (Lipinski definition) is 6. The van der Waals surface area contributed by atoms with E-state index in [-0.39, 0.29) is 29.3 Å². The molecule has 0 bridgehead atoms. The van der Waals surface area contributed by atoms with Gasteiger partial charge in [-0.15, -0.1) is 0 Å². The summed E-state index contributed by atoms with van der Waals surface area (Å²) in [5, 5.41) is 35.0. The third kappa shape index (κ3) is 12.3. The molecule has 81 heavy (non-hydrogen) atoms. The fourth-order valence-electron chi connectivity index (χ4n) is 9.99. The van der Waals surface area contributed by atoms with Crippen LogP contribution in [0.4, 0.5) is 32.6 Å². The van der Waals surface area contributed by atoms with Crippen LogP contribution in [0.2, 0.25) is 0 Å². The minimum Gasteiger partial charge on any atom is -0.481 e. The number of nitrogens with one attached hydrogen (secondary N) is 5. The van der Waals surface area contributed by atoms with Crippen LogP contribution in [0.3, 0.4) is 0 Å². The fraction of sp³-hybridized carbons (Fsp3) is 0.379. The highest BCUT2D eigenvalue weighted by molar-refractivity contribution is 8.17. The second-order valence-corrected chi connectivity index (χ2v) is 24.2. The molecule has 422 valence electrons. The van der Waals surface area contributed by atoms with Crippen LogP contribution in [0, 0.1) is 5.92 Å². The van der Waals surface area contributed by atoms with Crippen LogP contribution in [0.15, 0.2) is 127 Å². The number of aliphatic hydroxyl groups excluding tert-OH is 1. The first-order valence-corrected chi connectivity index (χ1v) is 28.5. The lowest BCUT2D eigenvalue weighted by Crippen LogP contribution is -2.53. The van der Waals surface area contributed by atoms with Crippen molar-refractivity contribution in [2.75, 3.05) is 67.9 Å². The predicted octanol–water partition coefficient (Wildman–Crippen LogP) is 11.0. The highest BCUT2D eigenvalue weighted by Gasteiger charge is 2.55. The Morgan fingerprint density at radius 3 is 2.20 bits per heavy atom. The summed E-state index contributed by atoms with van der Waals surface area (Å²) in [6.45, 7) is 16.7. The van der Waals surface area contributed by atoms with Gasteiger partial charge in [0, 0.05) is 72.9 Å². The number of aliphatic hydroxyl groups is 1. The molecule has 0 spiro atoms. The molecule has 7 aromatic rings. The van der Waals surface area contributed by atoms with Gasteiger partial charge in [-0.1, -0.05) is 91.1 Å². The number of allylic oxidation sites excluding steroid dienone is 3. The average molecular weight is 1140 g/mol. The molecule has 2 saturated carbocycles. The van der Waals surface area contributed by atoms with Crippen molar-refractivity contribution >= 4 is 90.6 Å². The van der Waals surface area contributed by atoms with Crippen LogP contribution in [0.5, 0.6) is 5.88 Å². The van der Waals surface area contributed by atoms with Gasteiger partial charge in [-0.2, -0.15) is 0 Å². The Morgan fingerprint density at radius 1 is 0.889 bits per heavy atom. The second-order valence-electron chi connectivity index (χ2n) is 22.2. The lowest BCUT2D eigenvalue weighted by molar-refractivity contribution is -0.00369. The van der Waals surface area contributed by atoms with E-state index in [1.807, 2.05) is 112 Å². The Bertz CT molecular complexity index is 3600. The van der Waals surface area contributed by atoms with Gasteiger partial charge in [-0.3, -0.25) is 19.9 Å². The molecule has 0 radical (unpaired) electrons. The molecule has 2 aliphatic carbocycles. The molecule has 5 aromatic heterocycles. The third-order valence-electron chi connectivity index (χ3n) is 14.9. The molecule has 21 nitrogen and oxygen atoms in total. The highest BCUT2D eigenvalue weighted by Crippen LogP contribution is 2.49. The summed E-state index contributed by atoms with van der Waals surface area (Å²) < 4.78 is 30.7. The van der Waals surface area contributed by atoms with E-state index in [1.165, 1.54) is 29.5 Å². The normalized spacial score (nSPS) is 17.3. The summed E-state index contributed by atoms with van der Waals surface area (Å²) in [7, 11) is 1.70. The topological polar surface area (TPSA) is 252 Å². The van der Waals surface area contributed by atoms with Crippen molar-refractivity contribution < 1.29 is 38.0 Å². The van der Waals surface area contributed by atoms with Gasteiger partial charge in [-0.05, 0) is 93.5 Å². The number of rotatable bonds is 23. The van der Waals surface area contributed by atoms with Crippen molar-refractivity contribution in [2.24, 2.45) is 15.9 Å². The van der Waals surface area contributed by atoms with Crippen LogP contribution in [0.25, 0.3) is 32.3 Å². The minimum absolute atomic E-state index is 0.00519. The van der Waals surface area contributed by atoms with Gasteiger partial charge in [0.2, 0.25) is 5.88 Å². The summed E-state index contributed by atoms with van der Waals surface area (Å²) in [4.78, 5) is 49.1. The lowest BCUT2D eigenvalue weighted by atomic mass is 9.93. The molecule has 0 unspecified atom stereocenters. The molecule has 7 heterocycles. The quantitative estimate of drug-likeness (QED) is 0.0198. The Kier molecular flexibility index (Phi) is 15.5. The van der Waals surface area contributed by atoms with Crippen molar-refractivity contribution in [3.63, 3.8) is 0 Å². The Hall–Kier alpha value is -7.67. The lowest BCUT2D eigenvalue weighted by Gasteiger charge is -2.42. The van der Waals surface area contributed by atoms with E-state index in [2.05, 4.69) is 59.4 Å². The summed E-state index contributed by atoms with van der Waals surface area (Å²) in [5.41, 5.74) is 5.19. The van der Waals surface area contributed by atoms with Gasteiger partial charge in [-0.25, -0.2) is 29.5 Å². The van der Waals surface area contributed by atoms with Crippen molar-refractivity contribution in [1.82, 2.24) is 34.9 Å².